The van der Waals surface area contributed by atoms with E-state index in [9.17, 15) is 5.11 Å². The van der Waals surface area contributed by atoms with Gasteiger partial charge in [-0.05, 0) is 19.1 Å². The van der Waals surface area contributed by atoms with Crippen LogP contribution in [-0.2, 0) is 4.74 Å². The first-order chi connectivity index (χ1) is 7.24. The second-order valence-corrected chi connectivity index (χ2v) is 3.16. The number of rotatable bonds is 6. The molecule has 0 aliphatic carbocycles. The van der Waals surface area contributed by atoms with Crippen LogP contribution in [0.4, 0.5) is 5.69 Å². The molecule has 0 radical (unpaired) electrons. The van der Waals surface area contributed by atoms with Crippen LogP contribution >= 0.6 is 0 Å². The monoisotopic (exact) mass is 211 g/mol. The van der Waals surface area contributed by atoms with Crippen LogP contribution in [0.5, 0.6) is 5.75 Å². The molecule has 1 unspecified atom stereocenters. The van der Waals surface area contributed by atoms with Crippen molar-refractivity contribution >= 4 is 5.69 Å². The van der Waals surface area contributed by atoms with Gasteiger partial charge in [-0.1, -0.05) is 12.1 Å². The highest BCUT2D eigenvalue weighted by atomic mass is 16.5. The Morgan fingerprint density at radius 1 is 1.33 bits per heavy atom. The summed E-state index contributed by atoms with van der Waals surface area (Å²) in [4.78, 5) is 0. The number of hydrogen-bond acceptors (Lipinski definition) is 4. The maximum atomic E-state index is 9.44. The molecule has 0 saturated carbocycles. The Labute approximate surface area is 89.6 Å². The van der Waals surface area contributed by atoms with E-state index in [4.69, 9.17) is 15.2 Å². The third-order valence-electron chi connectivity index (χ3n) is 1.86. The molecule has 0 aliphatic heterocycles. The number of ether oxygens (including phenoxy) is 2. The van der Waals surface area contributed by atoms with Crippen LogP contribution in [0.25, 0.3) is 0 Å². The highest BCUT2D eigenvalue weighted by Gasteiger charge is 2.06. The smallest absolute Gasteiger partial charge is 0.142 e. The van der Waals surface area contributed by atoms with Gasteiger partial charge in [-0.15, -0.1) is 0 Å². The van der Waals surface area contributed by atoms with Crippen molar-refractivity contribution in [1.82, 2.24) is 0 Å². The quantitative estimate of drug-likeness (QED) is 0.690. The molecular weight excluding hydrogens is 194 g/mol. The van der Waals surface area contributed by atoms with Crippen LogP contribution in [0.1, 0.15) is 6.92 Å². The van der Waals surface area contributed by atoms with Gasteiger partial charge in [0.2, 0.25) is 0 Å². The molecule has 0 aromatic heterocycles. The molecule has 0 amide bonds. The van der Waals surface area contributed by atoms with Crippen LogP contribution < -0.4 is 10.5 Å². The average molecular weight is 211 g/mol. The minimum absolute atomic E-state index is 0.189. The number of aliphatic hydroxyl groups is 1. The lowest BCUT2D eigenvalue weighted by atomic mass is 10.3. The summed E-state index contributed by atoms with van der Waals surface area (Å²) in [5.74, 6) is 0.591. The third-order valence-corrected chi connectivity index (χ3v) is 1.86. The Morgan fingerprint density at radius 2 is 2.07 bits per heavy atom. The van der Waals surface area contributed by atoms with Gasteiger partial charge >= 0.3 is 0 Å². The zero-order chi connectivity index (χ0) is 11.1. The van der Waals surface area contributed by atoms with E-state index in [1.165, 1.54) is 0 Å². The van der Waals surface area contributed by atoms with Crippen LogP contribution in [-0.4, -0.2) is 31.0 Å². The second kappa shape index (κ2) is 6.27. The van der Waals surface area contributed by atoms with Crippen LogP contribution in [0.3, 0.4) is 0 Å². The minimum Gasteiger partial charge on any atom is -0.489 e. The summed E-state index contributed by atoms with van der Waals surface area (Å²) in [6.07, 6.45) is -0.621. The van der Waals surface area contributed by atoms with Crippen LogP contribution in [0, 0.1) is 0 Å². The molecular formula is C11H17NO3. The second-order valence-electron chi connectivity index (χ2n) is 3.16. The predicted molar refractivity (Wildman–Crippen MR) is 58.8 cm³/mol. The average Bonchev–Trinajstić information content (AvgIpc) is 2.25. The summed E-state index contributed by atoms with van der Waals surface area (Å²) in [5.41, 5.74) is 6.24. The molecule has 0 bridgehead atoms. The minimum atomic E-state index is -0.621. The molecule has 1 aromatic carbocycles. The number of anilines is 1. The molecule has 0 spiro atoms. The molecule has 3 N–H and O–H groups in total. The molecule has 1 aromatic rings. The number of nitrogen functional groups attached to an aromatic ring is 1. The first kappa shape index (κ1) is 11.8. The number of hydrogen-bond donors (Lipinski definition) is 2. The van der Waals surface area contributed by atoms with Crippen molar-refractivity contribution in [1.29, 1.82) is 0 Å². The lowest BCUT2D eigenvalue weighted by molar-refractivity contribution is 0.0166. The van der Waals surface area contributed by atoms with Gasteiger partial charge in [-0.25, -0.2) is 0 Å². The van der Waals surface area contributed by atoms with Crippen molar-refractivity contribution in [2.45, 2.75) is 13.0 Å². The third kappa shape index (κ3) is 4.18. The fraction of sp³-hybridized carbons (Fsp3) is 0.455. The number of aliphatic hydroxyl groups excluding tert-OH is 1. The summed E-state index contributed by atoms with van der Waals surface area (Å²) in [7, 11) is 0. The maximum Gasteiger partial charge on any atom is 0.142 e. The Hall–Kier alpha value is -1.26. The van der Waals surface area contributed by atoms with E-state index in [0.717, 1.165) is 0 Å². The lowest BCUT2D eigenvalue weighted by Gasteiger charge is -2.13. The number of para-hydroxylation sites is 2. The molecule has 0 saturated heterocycles. The van der Waals surface area contributed by atoms with Gasteiger partial charge in [0.1, 0.15) is 18.5 Å². The normalized spacial score (nSPS) is 12.4. The van der Waals surface area contributed by atoms with E-state index in [2.05, 4.69) is 0 Å². The number of benzene rings is 1. The molecule has 4 nitrogen and oxygen atoms in total. The van der Waals surface area contributed by atoms with E-state index in [0.29, 0.717) is 18.0 Å². The van der Waals surface area contributed by atoms with Crippen LogP contribution in [0.2, 0.25) is 0 Å². The molecule has 4 heteroatoms. The van der Waals surface area contributed by atoms with Crippen molar-refractivity contribution < 1.29 is 14.6 Å². The molecule has 0 heterocycles. The van der Waals surface area contributed by atoms with Crippen molar-refractivity contribution in [3.05, 3.63) is 24.3 Å². The zero-order valence-electron chi connectivity index (χ0n) is 8.85. The van der Waals surface area contributed by atoms with Gasteiger partial charge in [-0.3, -0.25) is 0 Å². The molecule has 1 atom stereocenters. The van der Waals surface area contributed by atoms with Crippen molar-refractivity contribution in [2.75, 3.05) is 25.6 Å². The first-order valence-corrected chi connectivity index (χ1v) is 4.97. The van der Waals surface area contributed by atoms with Gasteiger partial charge in [0.15, 0.2) is 0 Å². The molecule has 84 valence electrons. The largest absolute Gasteiger partial charge is 0.489 e. The molecule has 15 heavy (non-hydrogen) atoms. The first-order valence-electron chi connectivity index (χ1n) is 4.97. The standard InChI is InChI=1S/C11H17NO3/c1-2-14-7-9(13)8-15-11-6-4-3-5-10(11)12/h3-6,9,13H,2,7-8,12H2,1H3. The molecule has 0 aliphatic rings. The summed E-state index contributed by atoms with van der Waals surface area (Å²) in [6.45, 7) is 2.94. The van der Waals surface area contributed by atoms with Gasteiger partial charge in [0, 0.05) is 6.61 Å². The fourth-order valence-corrected chi connectivity index (χ4v) is 1.10. The maximum absolute atomic E-state index is 9.44. The molecule has 1 rings (SSSR count). The highest BCUT2D eigenvalue weighted by molar-refractivity contribution is 5.51. The van der Waals surface area contributed by atoms with Gasteiger partial charge in [-0.2, -0.15) is 0 Å². The Bertz CT molecular complexity index is 291. The summed E-state index contributed by atoms with van der Waals surface area (Å²) >= 11 is 0. The number of nitrogens with two attached hydrogens (primary N) is 1. The van der Waals surface area contributed by atoms with E-state index in [1.807, 2.05) is 19.1 Å². The van der Waals surface area contributed by atoms with E-state index >= 15 is 0 Å². The van der Waals surface area contributed by atoms with Gasteiger partial charge < -0.3 is 20.3 Å². The van der Waals surface area contributed by atoms with Gasteiger partial charge in [0.25, 0.3) is 0 Å². The Morgan fingerprint density at radius 3 is 2.73 bits per heavy atom. The topological polar surface area (TPSA) is 64.7 Å². The predicted octanol–water partition coefficient (Wildman–Crippen LogP) is 1.05. The highest BCUT2D eigenvalue weighted by Crippen LogP contribution is 2.19. The summed E-state index contributed by atoms with van der Waals surface area (Å²) < 4.78 is 10.4. The SMILES string of the molecule is CCOCC(O)COc1ccccc1N. The van der Waals surface area contributed by atoms with Crippen molar-refractivity contribution in [3.8, 4) is 5.75 Å². The van der Waals surface area contributed by atoms with Crippen molar-refractivity contribution in [3.63, 3.8) is 0 Å². The summed E-state index contributed by atoms with van der Waals surface area (Å²) in [6, 6.07) is 7.19. The Kier molecular flexibility index (Phi) is 4.93. The van der Waals surface area contributed by atoms with E-state index < -0.39 is 6.10 Å². The molecule has 0 fully saturated rings. The zero-order valence-corrected chi connectivity index (χ0v) is 8.85. The van der Waals surface area contributed by atoms with E-state index in [1.54, 1.807) is 12.1 Å². The van der Waals surface area contributed by atoms with Crippen LogP contribution in [0.15, 0.2) is 24.3 Å². The van der Waals surface area contributed by atoms with E-state index in [-0.39, 0.29) is 13.2 Å². The van der Waals surface area contributed by atoms with Crippen molar-refractivity contribution in [2.24, 2.45) is 0 Å². The summed E-state index contributed by atoms with van der Waals surface area (Å²) in [5, 5.41) is 9.44. The fourth-order valence-electron chi connectivity index (χ4n) is 1.10. The lowest BCUT2D eigenvalue weighted by Crippen LogP contribution is -2.23. The Balaban J connectivity index is 2.33. The van der Waals surface area contributed by atoms with Gasteiger partial charge in [0.05, 0.1) is 12.3 Å².